The molecule has 1 aliphatic heterocycles. The number of para-hydroxylation sites is 1. The normalized spacial score (nSPS) is 23.5. The van der Waals surface area contributed by atoms with E-state index in [4.69, 9.17) is 18.6 Å². The Hall–Kier alpha value is -2.15. The van der Waals surface area contributed by atoms with Gasteiger partial charge in [-0.3, -0.25) is 0 Å². The van der Waals surface area contributed by atoms with E-state index in [0.29, 0.717) is 25.5 Å². The minimum absolute atomic E-state index is 0.122. The Kier molecular flexibility index (Phi) is 4.57. The van der Waals surface area contributed by atoms with Crippen molar-refractivity contribution in [2.45, 2.75) is 31.8 Å². The van der Waals surface area contributed by atoms with E-state index >= 15 is 0 Å². The highest BCUT2D eigenvalue weighted by Crippen LogP contribution is 2.38. The monoisotopic (exact) mass is 342 g/mol. The number of fused-ring (bicyclic) bond motifs is 1. The fraction of sp³-hybridized carbons (Fsp3) is 0.421. The van der Waals surface area contributed by atoms with Gasteiger partial charge < -0.3 is 23.2 Å². The van der Waals surface area contributed by atoms with Crippen LogP contribution in [0.2, 0.25) is 0 Å². The first-order chi connectivity index (χ1) is 12.3. The second-order valence-corrected chi connectivity index (χ2v) is 6.26. The standard InChI is InChI=1S/C19H22N2O4/c1-2-9-22-11-16-12-23-19(25-16,13-21-8-7-20-14-21)18-10-15-5-3-4-6-17(15)24-18/h3-8,10,14,16H,2,9,11-13H2,1H3. The van der Waals surface area contributed by atoms with Crippen molar-refractivity contribution in [3.63, 3.8) is 0 Å². The van der Waals surface area contributed by atoms with E-state index in [1.54, 1.807) is 12.5 Å². The molecule has 3 heterocycles. The Bertz CT molecular complexity index is 781. The Morgan fingerprint density at radius 2 is 2.28 bits per heavy atom. The van der Waals surface area contributed by atoms with Gasteiger partial charge in [0.25, 0.3) is 0 Å². The largest absolute Gasteiger partial charge is 0.455 e. The average Bonchev–Trinajstić information content (AvgIpc) is 3.35. The van der Waals surface area contributed by atoms with Crippen LogP contribution in [0.15, 0.2) is 53.5 Å². The predicted molar refractivity (Wildman–Crippen MR) is 92.1 cm³/mol. The third-order valence-corrected chi connectivity index (χ3v) is 4.26. The first-order valence-corrected chi connectivity index (χ1v) is 8.63. The number of rotatable bonds is 7. The molecule has 6 heteroatoms. The quantitative estimate of drug-likeness (QED) is 0.617. The van der Waals surface area contributed by atoms with E-state index in [1.165, 1.54) is 0 Å². The Morgan fingerprint density at radius 1 is 1.36 bits per heavy atom. The van der Waals surface area contributed by atoms with Crippen molar-refractivity contribution in [1.82, 2.24) is 9.55 Å². The third-order valence-electron chi connectivity index (χ3n) is 4.26. The van der Waals surface area contributed by atoms with Crippen LogP contribution in [0, 0.1) is 0 Å². The van der Waals surface area contributed by atoms with E-state index in [9.17, 15) is 0 Å². The SMILES string of the molecule is CCCOCC1COC(Cn2ccnc2)(c2cc3ccccc3o2)O1. The lowest BCUT2D eigenvalue weighted by molar-refractivity contribution is -0.202. The Balaban J connectivity index is 1.62. The molecule has 25 heavy (non-hydrogen) atoms. The van der Waals surface area contributed by atoms with Crippen LogP contribution in [0.5, 0.6) is 0 Å². The molecule has 1 fully saturated rings. The Labute approximate surface area is 146 Å². The molecular weight excluding hydrogens is 320 g/mol. The van der Waals surface area contributed by atoms with Crippen LogP contribution in [0.1, 0.15) is 19.1 Å². The van der Waals surface area contributed by atoms with Crippen molar-refractivity contribution in [2.75, 3.05) is 19.8 Å². The number of hydrogen-bond acceptors (Lipinski definition) is 5. The number of aromatic nitrogens is 2. The zero-order valence-corrected chi connectivity index (χ0v) is 14.3. The van der Waals surface area contributed by atoms with Crippen molar-refractivity contribution in [2.24, 2.45) is 0 Å². The zero-order valence-electron chi connectivity index (χ0n) is 14.3. The maximum atomic E-state index is 6.29. The minimum atomic E-state index is -0.972. The van der Waals surface area contributed by atoms with Gasteiger partial charge in [-0.2, -0.15) is 0 Å². The van der Waals surface area contributed by atoms with Gasteiger partial charge in [-0.1, -0.05) is 25.1 Å². The van der Waals surface area contributed by atoms with Crippen molar-refractivity contribution in [3.8, 4) is 0 Å². The maximum absolute atomic E-state index is 6.29. The van der Waals surface area contributed by atoms with Gasteiger partial charge >= 0.3 is 0 Å². The summed E-state index contributed by atoms with van der Waals surface area (Å²) in [5, 5.41) is 1.03. The van der Waals surface area contributed by atoms with Crippen molar-refractivity contribution in [1.29, 1.82) is 0 Å². The molecular formula is C19H22N2O4. The fourth-order valence-electron chi connectivity index (χ4n) is 3.09. The van der Waals surface area contributed by atoms with E-state index in [-0.39, 0.29) is 6.10 Å². The van der Waals surface area contributed by atoms with Crippen molar-refractivity contribution in [3.05, 3.63) is 54.8 Å². The number of nitrogens with zero attached hydrogens (tertiary/aromatic N) is 2. The molecule has 0 spiro atoms. The zero-order chi connectivity index (χ0) is 17.1. The van der Waals surface area contributed by atoms with Gasteiger partial charge in [0.05, 0.1) is 26.1 Å². The van der Waals surface area contributed by atoms with Crippen LogP contribution in [0.4, 0.5) is 0 Å². The maximum Gasteiger partial charge on any atom is 0.247 e. The molecule has 0 amide bonds. The Morgan fingerprint density at radius 3 is 3.08 bits per heavy atom. The number of hydrogen-bond donors (Lipinski definition) is 0. The number of furan rings is 1. The van der Waals surface area contributed by atoms with Gasteiger partial charge in [0.1, 0.15) is 11.7 Å². The molecule has 132 valence electrons. The van der Waals surface area contributed by atoms with Gasteiger partial charge in [0.2, 0.25) is 5.79 Å². The number of imidazole rings is 1. The summed E-state index contributed by atoms with van der Waals surface area (Å²) in [6.45, 7) is 4.26. The summed E-state index contributed by atoms with van der Waals surface area (Å²) in [6, 6.07) is 9.89. The molecule has 1 aromatic carbocycles. The predicted octanol–water partition coefficient (Wildman–Crippen LogP) is 3.32. The first kappa shape index (κ1) is 16.3. The van der Waals surface area contributed by atoms with Gasteiger partial charge in [-0.05, 0) is 18.6 Å². The second kappa shape index (κ2) is 7.00. The lowest BCUT2D eigenvalue weighted by Gasteiger charge is -2.26. The summed E-state index contributed by atoms with van der Waals surface area (Å²) in [4.78, 5) is 4.11. The lowest BCUT2D eigenvalue weighted by Crippen LogP contribution is -2.33. The average molecular weight is 342 g/mol. The van der Waals surface area contributed by atoms with E-state index in [2.05, 4.69) is 11.9 Å². The lowest BCUT2D eigenvalue weighted by atomic mass is 10.2. The highest BCUT2D eigenvalue weighted by molar-refractivity contribution is 5.77. The molecule has 1 saturated heterocycles. The van der Waals surface area contributed by atoms with Crippen LogP contribution in [-0.2, 0) is 26.5 Å². The van der Waals surface area contributed by atoms with Crippen LogP contribution in [-0.4, -0.2) is 35.5 Å². The van der Waals surface area contributed by atoms with Gasteiger partial charge in [0, 0.05) is 24.4 Å². The molecule has 6 nitrogen and oxygen atoms in total. The molecule has 0 radical (unpaired) electrons. The molecule has 3 aromatic rings. The summed E-state index contributed by atoms with van der Waals surface area (Å²) in [7, 11) is 0. The minimum Gasteiger partial charge on any atom is -0.455 e. The van der Waals surface area contributed by atoms with Crippen LogP contribution >= 0.6 is 0 Å². The van der Waals surface area contributed by atoms with Crippen molar-refractivity contribution < 1.29 is 18.6 Å². The molecule has 0 N–H and O–H groups in total. The van der Waals surface area contributed by atoms with Crippen LogP contribution < -0.4 is 0 Å². The van der Waals surface area contributed by atoms with E-state index < -0.39 is 5.79 Å². The second-order valence-electron chi connectivity index (χ2n) is 6.26. The fourth-order valence-corrected chi connectivity index (χ4v) is 3.09. The number of benzene rings is 1. The third kappa shape index (κ3) is 3.33. The molecule has 0 saturated carbocycles. The molecule has 2 unspecified atom stereocenters. The molecule has 2 aromatic heterocycles. The summed E-state index contributed by atoms with van der Waals surface area (Å²) in [6.07, 6.45) is 6.24. The van der Waals surface area contributed by atoms with Gasteiger partial charge in [0.15, 0.2) is 5.76 Å². The molecule has 4 rings (SSSR count). The highest BCUT2D eigenvalue weighted by atomic mass is 16.8. The molecule has 2 atom stereocenters. The van der Waals surface area contributed by atoms with Crippen LogP contribution in [0.25, 0.3) is 11.0 Å². The van der Waals surface area contributed by atoms with Gasteiger partial charge in [-0.25, -0.2) is 4.98 Å². The molecule has 0 aliphatic carbocycles. The summed E-state index contributed by atoms with van der Waals surface area (Å²) < 4.78 is 26.0. The summed E-state index contributed by atoms with van der Waals surface area (Å²) in [5.74, 6) is -0.305. The van der Waals surface area contributed by atoms with Crippen molar-refractivity contribution >= 4 is 11.0 Å². The first-order valence-electron chi connectivity index (χ1n) is 8.63. The summed E-state index contributed by atoms with van der Waals surface area (Å²) >= 11 is 0. The number of ether oxygens (including phenoxy) is 3. The smallest absolute Gasteiger partial charge is 0.247 e. The van der Waals surface area contributed by atoms with E-state index in [1.807, 2.05) is 41.1 Å². The topological polar surface area (TPSA) is 58.7 Å². The molecule has 1 aliphatic rings. The van der Waals surface area contributed by atoms with Gasteiger partial charge in [-0.15, -0.1) is 0 Å². The van der Waals surface area contributed by atoms with Crippen LogP contribution in [0.3, 0.4) is 0 Å². The van der Waals surface area contributed by atoms with E-state index in [0.717, 1.165) is 24.0 Å². The molecule has 0 bridgehead atoms. The summed E-state index contributed by atoms with van der Waals surface area (Å²) in [5.41, 5.74) is 0.820. The highest BCUT2D eigenvalue weighted by Gasteiger charge is 2.46.